The third-order valence-electron chi connectivity index (χ3n) is 5.21. The number of hydrogen-bond acceptors (Lipinski definition) is 4. The lowest BCUT2D eigenvalue weighted by Crippen LogP contribution is -2.63. The Morgan fingerprint density at radius 2 is 1.82 bits per heavy atom. The van der Waals surface area contributed by atoms with Crippen LogP contribution in [0.25, 0.3) is 0 Å². The minimum atomic E-state index is -0.793. The Morgan fingerprint density at radius 1 is 1.14 bits per heavy atom. The number of nitrogens with zero attached hydrogens (tertiary/aromatic N) is 5. The van der Waals surface area contributed by atoms with Crippen molar-refractivity contribution in [3.05, 3.63) is 35.9 Å². The van der Waals surface area contributed by atoms with E-state index in [0.29, 0.717) is 43.7 Å². The summed E-state index contributed by atoms with van der Waals surface area (Å²) < 4.78 is 7.41. The molecule has 28 heavy (non-hydrogen) atoms. The van der Waals surface area contributed by atoms with Crippen molar-refractivity contribution < 1.29 is 23.7 Å². The molecule has 9 heteroatoms. The Balaban J connectivity index is 1.73. The normalized spacial score (nSPS) is 22.6. The van der Waals surface area contributed by atoms with Gasteiger partial charge in [0.05, 0.1) is 26.3 Å². The largest absolute Gasteiger partial charge is 0.393 e. The summed E-state index contributed by atoms with van der Waals surface area (Å²) in [6, 6.07) is 7.73. The van der Waals surface area contributed by atoms with E-state index < -0.39 is 12.1 Å². The summed E-state index contributed by atoms with van der Waals surface area (Å²) in [5, 5.41) is 0. The predicted octanol–water partition coefficient (Wildman–Crippen LogP) is -0.125. The average molecular weight is 384 g/mol. The number of ether oxygens (including phenoxy) is 1. The Kier molecular flexibility index (Phi) is 4.68. The van der Waals surface area contributed by atoms with Crippen molar-refractivity contribution in [1.82, 2.24) is 14.7 Å². The van der Waals surface area contributed by atoms with Crippen LogP contribution in [0.3, 0.4) is 0 Å². The van der Waals surface area contributed by atoms with Crippen molar-refractivity contribution in [2.24, 2.45) is 4.99 Å². The number of amidine groups is 1. The summed E-state index contributed by atoms with van der Waals surface area (Å²) in [4.78, 5) is 46.9. The number of fused-ring (bicyclic) bond motifs is 1. The summed E-state index contributed by atoms with van der Waals surface area (Å²) in [7, 11) is 3.04. The molecule has 0 bridgehead atoms. The summed E-state index contributed by atoms with van der Waals surface area (Å²) in [5.74, 6) is 0.398. The van der Waals surface area contributed by atoms with Crippen LogP contribution >= 0.6 is 0 Å². The minimum absolute atomic E-state index is 0.00399. The zero-order valence-electron chi connectivity index (χ0n) is 15.9. The number of guanidine groups is 1. The maximum absolute atomic E-state index is 12.9. The molecule has 1 aromatic carbocycles. The molecule has 2 fully saturated rings. The fourth-order valence-electron chi connectivity index (χ4n) is 3.63. The van der Waals surface area contributed by atoms with E-state index >= 15 is 0 Å². The van der Waals surface area contributed by atoms with E-state index in [9.17, 15) is 14.4 Å². The number of amides is 3. The van der Waals surface area contributed by atoms with E-state index in [1.165, 1.54) is 11.9 Å². The number of carbonyl (C=O) groups excluding carboxylic acids is 3. The van der Waals surface area contributed by atoms with Crippen LogP contribution in [0.2, 0.25) is 0 Å². The van der Waals surface area contributed by atoms with Crippen LogP contribution in [0.1, 0.15) is 10.4 Å². The number of imide groups is 1. The number of benzene rings is 1. The molecule has 1 atom stereocenters. The highest BCUT2D eigenvalue weighted by molar-refractivity contribution is 6.25. The number of Topliss-reactive ketones (excluding diaryl/α,β-unsaturated/α-hetero) is 1. The molecular formula is C19H22N5O4+. The van der Waals surface area contributed by atoms with Crippen LogP contribution in [-0.4, -0.2) is 102 Å². The van der Waals surface area contributed by atoms with Crippen LogP contribution in [-0.2, 0) is 9.53 Å². The van der Waals surface area contributed by atoms with Gasteiger partial charge in [-0.05, 0) is 0 Å². The second-order valence-electron chi connectivity index (χ2n) is 6.93. The molecule has 0 aromatic heterocycles. The van der Waals surface area contributed by atoms with E-state index in [1.54, 1.807) is 36.2 Å². The molecule has 0 radical (unpaired) electrons. The lowest BCUT2D eigenvalue weighted by molar-refractivity contribution is -0.554. The molecule has 3 aliphatic heterocycles. The van der Waals surface area contributed by atoms with Gasteiger partial charge in [0.2, 0.25) is 11.9 Å². The number of carbonyl (C=O) groups is 3. The first-order valence-corrected chi connectivity index (χ1v) is 9.17. The Hall–Kier alpha value is -3.07. The second kappa shape index (κ2) is 7.16. The van der Waals surface area contributed by atoms with Crippen molar-refractivity contribution in [3.8, 4) is 0 Å². The number of likely N-dealkylation sites (N-methyl/N-ethyl adjacent to an activating group) is 2. The molecular weight excluding hydrogens is 362 g/mol. The lowest BCUT2D eigenvalue weighted by atomic mass is 10.1. The second-order valence-corrected chi connectivity index (χ2v) is 6.93. The zero-order chi connectivity index (χ0) is 19.8. The molecule has 146 valence electrons. The quantitative estimate of drug-likeness (QED) is 0.536. The molecule has 1 unspecified atom stereocenters. The van der Waals surface area contributed by atoms with Gasteiger partial charge in [-0.25, -0.2) is 9.69 Å². The van der Waals surface area contributed by atoms with Crippen LogP contribution in [0.15, 0.2) is 35.3 Å². The number of ketones is 1. The first-order valence-electron chi connectivity index (χ1n) is 9.17. The molecule has 0 N–H and O–H groups in total. The highest BCUT2D eigenvalue weighted by Crippen LogP contribution is 2.23. The SMILES string of the molecule is CN1C(=O)C2C(=NC(=[N+]3CCOCC3)N2CC(=O)c2ccccc2)N(C)C1=O. The lowest BCUT2D eigenvalue weighted by Gasteiger charge is -2.33. The van der Waals surface area contributed by atoms with Gasteiger partial charge in [-0.15, -0.1) is 0 Å². The number of urea groups is 1. The highest BCUT2D eigenvalue weighted by Gasteiger charge is 2.55. The predicted molar refractivity (Wildman–Crippen MR) is 100 cm³/mol. The van der Waals surface area contributed by atoms with Gasteiger partial charge in [0.25, 0.3) is 5.91 Å². The van der Waals surface area contributed by atoms with Crippen molar-refractivity contribution in [1.29, 1.82) is 0 Å². The topological polar surface area (TPSA) is 85.5 Å². The zero-order valence-corrected chi connectivity index (χ0v) is 15.9. The van der Waals surface area contributed by atoms with Crippen molar-refractivity contribution in [2.75, 3.05) is 46.9 Å². The maximum Gasteiger partial charge on any atom is 0.393 e. The third-order valence-corrected chi connectivity index (χ3v) is 5.21. The number of aliphatic imine (C=N–C) groups is 1. The maximum atomic E-state index is 12.9. The summed E-state index contributed by atoms with van der Waals surface area (Å²) in [6.07, 6.45) is 0. The van der Waals surface area contributed by atoms with Crippen LogP contribution < -0.4 is 0 Å². The number of hydrogen-bond donors (Lipinski definition) is 0. The van der Waals surface area contributed by atoms with Crippen LogP contribution in [0, 0.1) is 0 Å². The number of rotatable bonds is 3. The smallest absolute Gasteiger partial charge is 0.375 e. The Bertz CT molecular complexity index is 887. The fourth-order valence-corrected chi connectivity index (χ4v) is 3.63. The van der Waals surface area contributed by atoms with Gasteiger partial charge in [-0.1, -0.05) is 35.3 Å². The molecule has 0 spiro atoms. The fraction of sp³-hybridized carbons (Fsp3) is 0.421. The van der Waals surface area contributed by atoms with E-state index in [2.05, 4.69) is 4.99 Å². The molecule has 3 amide bonds. The van der Waals surface area contributed by atoms with Gasteiger partial charge in [-0.3, -0.25) is 24.0 Å². The average Bonchev–Trinajstić information content (AvgIpc) is 3.11. The molecule has 0 saturated carbocycles. The van der Waals surface area contributed by atoms with E-state index in [4.69, 9.17) is 4.74 Å². The van der Waals surface area contributed by atoms with Gasteiger partial charge < -0.3 is 4.74 Å². The molecule has 1 aromatic rings. The first-order chi connectivity index (χ1) is 13.5. The minimum Gasteiger partial charge on any atom is -0.375 e. The molecule has 0 aliphatic carbocycles. The van der Waals surface area contributed by atoms with Gasteiger partial charge in [0.1, 0.15) is 6.54 Å². The molecule has 3 heterocycles. The van der Waals surface area contributed by atoms with E-state index in [1.807, 2.05) is 10.6 Å². The van der Waals surface area contributed by atoms with Gasteiger partial charge in [0, 0.05) is 19.7 Å². The first kappa shape index (κ1) is 18.3. The Morgan fingerprint density at radius 3 is 2.50 bits per heavy atom. The van der Waals surface area contributed by atoms with Crippen LogP contribution in [0.4, 0.5) is 4.79 Å². The van der Waals surface area contributed by atoms with Crippen LogP contribution in [0.5, 0.6) is 0 Å². The third kappa shape index (κ3) is 2.97. The van der Waals surface area contributed by atoms with E-state index in [0.717, 1.165) is 4.90 Å². The summed E-state index contributed by atoms with van der Waals surface area (Å²) >= 11 is 0. The number of morpholine rings is 1. The summed E-state index contributed by atoms with van der Waals surface area (Å²) in [6.45, 7) is 2.30. The van der Waals surface area contributed by atoms with E-state index in [-0.39, 0.29) is 18.2 Å². The van der Waals surface area contributed by atoms with Gasteiger partial charge >= 0.3 is 12.0 Å². The monoisotopic (exact) mass is 384 g/mol. The van der Waals surface area contributed by atoms with Crippen molar-refractivity contribution in [3.63, 3.8) is 0 Å². The van der Waals surface area contributed by atoms with Gasteiger partial charge in [0.15, 0.2) is 5.78 Å². The Labute approximate surface area is 162 Å². The highest BCUT2D eigenvalue weighted by atomic mass is 16.5. The standard InChI is InChI=1S/C19H22N5O4/c1-21-16-15(17(26)22(2)19(21)27)24(12-14(25)13-6-4-3-5-7-13)18(20-16)23-8-10-28-11-9-23/h3-7,15H,8-12H2,1-2H3/q+1. The van der Waals surface area contributed by atoms with Gasteiger partial charge in [-0.2, -0.15) is 0 Å². The molecule has 4 rings (SSSR count). The van der Waals surface area contributed by atoms with Crippen molar-refractivity contribution in [2.45, 2.75) is 6.04 Å². The van der Waals surface area contributed by atoms with Crippen molar-refractivity contribution >= 4 is 29.5 Å². The molecule has 2 saturated heterocycles. The summed E-state index contributed by atoms with van der Waals surface area (Å²) in [5.41, 5.74) is 0.568. The molecule has 3 aliphatic rings. The molecule has 9 nitrogen and oxygen atoms in total.